The van der Waals surface area contributed by atoms with Gasteiger partial charge in [-0.15, -0.1) is 0 Å². The van der Waals surface area contributed by atoms with Crippen LogP contribution < -0.4 is 5.32 Å². The van der Waals surface area contributed by atoms with E-state index in [1.165, 1.54) is 18.6 Å². The van der Waals surface area contributed by atoms with Crippen LogP contribution in [0.3, 0.4) is 0 Å². The quantitative estimate of drug-likeness (QED) is 0.712. The molecule has 13 heavy (non-hydrogen) atoms. The van der Waals surface area contributed by atoms with E-state index in [4.69, 9.17) is 0 Å². The summed E-state index contributed by atoms with van der Waals surface area (Å²) >= 11 is 1.94. The van der Waals surface area contributed by atoms with Gasteiger partial charge in [-0.2, -0.15) is 11.8 Å². The van der Waals surface area contributed by atoms with Gasteiger partial charge in [-0.05, 0) is 36.8 Å². The molecular formula is C11H25NS. The summed E-state index contributed by atoms with van der Waals surface area (Å²) in [5, 5.41) is 3.63. The molecule has 1 unspecified atom stereocenters. The first kappa shape index (κ1) is 13.3. The zero-order valence-electron chi connectivity index (χ0n) is 9.81. The van der Waals surface area contributed by atoms with Gasteiger partial charge in [-0.1, -0.05) is 27.7 Å². The maximum atomic E-state index is 3.63. The fourth-order valence-corrected chi connectivity index (χ4v) is 1.87. The predicted molar refractivity (Wildman–Crippen MR) is 64.5 cm³/mol. The Morgan fingerprint density at radius 3 is 2.31 bits per heavy atom. The van der Waals surface area contributed by atoms with Gasteiger partial charge in [0.05, 0.1) is 0 Å². The lowest BCUT2D eigenvalue weighted by atomic mass is 9.85. The van der Waals surface area contributed by atoms with Crippen LogP contribution in [0.5, 0.6) is 0 Å². The Morgan fingerprint density at radius 1 is 1.31 bits per heavy atom. The zero-order valence-corrected chi connectivity index (χ0v) is 10.6. The summed E-state index contributed by atoms with van der Waals surface area (Å²) in [5.74, 6) is 1.26. The average molecular weight is 203 g/mol. The molecular weight excluding hydrogens is 178 g/mol. The van der Waals surface area contributed by atoms with Gasteiger partial charge in [-0.25, -0.2) is 0 Å². The summed E-state index contributed by atoms with van der Waals surface area (Å²) in [6.07, 6.45) is 4.69. The van der Waals surface area contributed by atoms with Gasteiger partial charge in [0.25, 0.3) is 0 Å². The first-order valence-electron chi connectivity index (χ1n) is 5.24. The second-order valence-corrected chi connectivity index (χ2v) is 5.64. The van der Waals surface area contributed by atoms with Crippen LogP contribution >= 0.6 is 11.8 Å². The van der Waals surface area contributed by atoms with Crippen LogP contribution in [0.4, 0.5) is 0 Å². The Kier molecular flexibility index (Phi) is 6.88. The molecule has 0 saturated heterocycles. The van der Waals surface area contributed by atoms with Crippen LogP contribution in [-0.2, 0) is 0 Å². The minimum absolute atomic E-state index is 0.394. The first-order chi connectivity index (χ1) is 6.02. The Bertz CT molecular complexity index is 110. The molecule has 1 N–H and O–H groups in total. The molecule has 0 heterocycles. The third-order valence-corrected chi connectivity index (χ3v) is 2.94. The number of rotatable bonds is 6. The number of hydrogen-bond acceptors (Lipinski definition) is 2. The molecule has 0 spiro atoms. The van der Waals surface area contributed by atoms with E-state index in [-0.39, 0.29) is 0 Å². The summed E-state index contributed by atoms with van der Waals surface area (Å²) < 4.78 is 0. The molecule has 80 valence electrons. The van der Waals surface area contributed by atoms with E-state index < -0.39 is 0 Å². The van der Waals surface area contributed by atoms with Crippen LogP contribution in [-0.4, -0.2) is 24.6 Å². The normalized spacial score (nSPS) is 14.5. The summed E-state index contributed by atoms with van der Waals surface area (Å²) in [6, 6.07) is 0.667. The second-order valence-electron chi connectivity index (χ2n) is 4.65. The minimum Gasteiger partial charge on any atom is -0.313 e. The van der Waals surface area contributed by atoms with Crippen molar-refractivity contribution in [1.82, 2.24) is 5.32 Å². The van der Waals surface area contributed by atoms with E-state index in [0.29, 0.717) is 11.5 Å². The Labute approximate surface area is 88.1 Å². The highest BCUT2D eigenvalue weighted by Gasteiger charge is 2.22. The van der Waals surface area contributed by atoms with Gasteiger partial charge in [0, 0.05) is 6.04 Å². The van der Waals surface area contributed by atoms with E-state index in [9.17, 15) is 0 Å². The molecule has 0 bridgehead atoms. The minimum atomic E-state index is 0.394. The number of thioether (sulfide) groups is 1. The summed E-state index contributed by atoms with van der Waals surface area (Å²) in [5.41, 5.74) is 0.394. The van der Waals surface area contributed by atoms with Crippen molar-refractivity contribution in [3.05, 3.63) is 0 Å². The highest BCUT2D eigenvalue weighted by molar-refractivity contribution is 7.98. The SMILES string of the molecule is CCCNC(CCSC)C(C)(C)C. The van der Waals surface area contributed by atoms with Crippen molar-refractivity contribution in [2.24, 2.45) is 5.41 Å². The lowest BCUT2D eigenvalue weighted by Crippen LogP contribution is -2.41. The van der Waals surface area contributed by atoms with Crippen LogP contribution in [0.15, 0.2) is 0 Å². The lowest BCUT2D eigenvalue weighted by molar-refractivity contribution is 0.263. The van der Waals surface area contributed by atoms with Gasteiger partial charge >= 0.3 is 0 Å². The molecule has 0 radical (unpaired) electrons. The van der Waals surface area contributed by atoms with Crippen LogP contribution in [0.1, 0.15) is 40.5 Å². The molecule has 0 saturated carbocycles. The van der Waals surface area contributed by atoms with Crippen LogP contribution in [0.2, 0.25) is 0 Å². The van der Waals surface area contributed by atoms with Crippen molar-refractivity contribution in [2.45, 2.75) is 46.6 Å². The molecule has 1 nitrogen and oxygen atoms in total. The molecule has 0 aliphatic heterocycles. The monoisotopic (exact) mass is 203 g/mol. The molecule has 1 atom stereocenters. The molecule has 0 amide bonds. The zero-order chi connectivity index (χ0) is 10.3. The molecule has 0 aromatic carbocycles. The van der Waals surface area contributed by atoms with Gasteiger partial charge in [0.2, 0.25) is 0 Å². The fourth-order valence-electron chi connectivity index (χ4n) is 1.40. The molecule has 0 aromatic rings. The van der Waals surface area contributed by atoms with Gasteiger partial charge in [0.1, 0.15) is 0 Å². The van der Waals surface area contributed by atoms with Crippen LogP contribution in [0.25, 0.3) is 0 Å². The average Bonchev–Trinajstić information content (AvgIpc) is 2.02. The summed E-state index contributed by atoms with van der Waals surface area (Å²) in [4.78, 5) is 0. The van der Waals surface area contributed by atoms with E-state index in [1.54, 1.807) is 0 Å². The van der Waals surface area contributed by atoms with Crippen molar-refractivity contribution in [2.75, 3.05) is 18.6 Å². The van der Waals surface area contributed by atoms with Gasteiger partial charge < -0.3 is 5.32 Å². The summed E-state index contributed by atoms with van der Waals surface area (Å²) in [7, 11) is 0. The largest absolute Gasteiger partial charge is 0.313 e. The number of hydrogen-bond donors (Lipinski definition) is 1. The Hall–Kier alpha value is 0.310. The molecule has 0 aliphatic carbocycles. The van der Waals surface area contributed by atoms with Crippen LogP contribution in [0, 0.1) is 5.41 Å². The molecule has 0 aliphatic rings. The van der Waals surface area contributed by atoms with E-state index >= 15 is 0 Å². The molecule has 0 aromatic heterocycles. The maximum Gasteiger partial charge on any atom is 0.0123 e. The maximum absolute atomic E-state index is 3.63. The topological polar surface area (TPSA) is 12.0 Å². The Balaban J connectivity index is 3.88. The van der Waals surface area contributed by atoms with Crippen molar-refractivity contribution in [1.29, 1.82) is 0 Å². The fraction of sp³-hybridized carbons (Fsp3) is 1.00. The first-order valence-corrected chi connectivity index (χ1v) is 6.64. The van der Waals surface area contributed by atoms with Crippen molar-refractivity contribution in [3.8, 4) is 0 Å². The standard InChI is InChI=1S/C11H25NS/c1-6-8-12-10(7-9-13-5)11(2,3)4/h10,12H,6-9H2,1-5H3. The lowest BCUT2D eigenvalue weighted by Gasteiger charge is -2.31. The number of nitrogens with one attached hydrogen (secondary N) is 1. The van der Waals surface area contributed by atoms with E-state index in [0.717, 1.165) is 6.54 Å². The van der Waals surface area contributed by atoms with E-state index in [2.05, 4.69) is 39.3 Å². The predicted octanol–water partition coefficient (Wildman–Crippen LogP) is 3.15. The second kappa shape index (κ2) is 6.72. The molecule has 0 fully saturated rings. The highest BCUT2D eigenvalue weighted by atomic mass is 32.2. The summed E-state index contributed by atoms with van der Waals surface area (Å²) in [6.45, 7) is 10.3. The van der Waals surface area contributed by atoms with Gasteiger partial charge in [-0.3, -0.25) is 0 Å². The van der Waals surface area contributed by atoms with Crippen molar-refractivity contribution >= 4 is 11.8 Å². The third kappa shape index (κ3) is 6.39. The van der Waals surface area contributed by atoms with E-state index in [1.807, 2.05) is 11.8 Å². The molecule has 2 heteroatoms. The Morgan fingerprint density at radius 2 is 1.92 bits per heavy atom. The third-order valence-electron chi connectivity index (χ3n) is 2.30. The molecule has 0 rings (SSSR count). The highest BCUT2D eigenvalue weighted by Crippen LogP contribution is 2.22. The smallest absolute Gasteiger partial charge is 0.0123 e. The van der Waals surface area contributed by atoms with Crippen molar-refractivity contribution < 1.29 is 0 Å². The van der Waals surface area contributed by atoms with Gasteiger partial charge in [0.15, 0.2) is 0 Å². The van der Waals surface area contributed by atoms with Crippen molar-refractivity contribution in [3.63, 3.8) is 0 Å².